The fourth-order valence-electron chi connectivity index (χ4n) is 3.08. The van der Waals surface area contributed by atoms with E-state index in [1.165, 1.54) is 29.5 Å². The smallest absolute Gasteiger partial charge is 0.256 e. The summed E-state index contributed by atoms with van der Waals surface area (Å²) in [6, 6.07) is 14.2. The lowest BCUT2D eigenvalue weighted by atomic mass is 10.0. The lowest BCUT2D eigenvalue weighted by Gasteiger charge is -2.32. The molecule has 0 bridgehead atoms. The Hall–Kier alpha value is -2.34. The maximum atomic E-state index is 13.8. The van der Waals surface area contributed by atoms with Crippen LogP contribution in [0.25, 0.3) is 0 Å². The van der Waals surface area contributed by atoms with Crippen molar-refractivity contribution in [2.45, 2.75) is 30.7 Å². The summed E-state index contributed by atoms with van der Waals surface area (Å²) in [7, 11) is 0. The van der Waals surface area contributed by atoms with Crippen molar-refractivity contribution >= 4 is 23.6 Å². The summed E-state index contributed by atoms with van der Waals surface area (Å²) < 4.78 is 13.8. The van der Waals surface area contributed by atoms with Gasteiger partial charge in [0.25, 0.3) is 5.91 Å². The summed E-state index contributed by atoms with van der Waals surface area (Å²) in [6.07, 6.45) is 1.36. The molecule has 0 radical (unpaired) electrons. The van der Waals surface area contributed by atoms with Crippen LogP contribution in [0.2, 0.25) is 0 Å². The zero-order valence-electron chi connectivity index (χ0n) is 15.3. The number of amides is 2. The van der Waals surface area contributed by atoms with Gasteiger partial charge in [-0.2, -0.15) is 0 Å². The van der Waals surface area contributed by atoms with Gasteiger partial charge in [-0.1, -0.05) is 29.8 Å². The molecule has 6 heteroatoms. The fourth-order valence-corrected chi connectivity index (χ4v) is 3.79. The van der Waals surface area contributed by atoms with Crippen LogP contribution in [0.5, 0.6) is 0 Å². The maximum Gasteiger partial charge on any atom is 0.256 e. The van der Waals surface area contributed by atoms with Crippen molar-refractivity contribution in [3.63, 3.8) is 0 Å². The third kappa shape index (κ3) is 5.32. The van der Waals surface area contributed by atoms with Gasteiger partial charge in [0, 0.05) is 24.0 Å². The standard InChI is InChI=1S/C21H23FN2O2S/c1-15-6-8-17(9-7-15)27-14-20(25)23-16-10-12-24(13-11-16)21(26)18-4-2-3-5-19(18)22/h2-9,16H,10-14H2,1H3,(H,23,25). The molecular weight excluding hydrogens is 363 g/mol. The van der Waals surface area contributed by atoms with Crippen molar-refractivity contribution in [3.05, 3.63) is 65.5 Å². The molecule has 0 saturated carbocycles. The summed E-state index contributed by atoms with van der Waals surface area (Å²) in [5.74, 6) is -0.407. The van der Waals surface area contributed by atoms with Crippen molar-refractivity contribution in [1.82, 2.24) is 10.2 Å². The molecule has 0 unspecified atom stereocenters. The SMILES string of the molecule is Cc1ccc(SCC(=O)NC2CCN(C(=O)c3ccccc3F)CC2)cc1. The molecule has 0 spiro atoms. The first-order valence-corrected chi connectivity index (χ1v) is 10.0. The van der Waals surface area contributed by atoms with Crippen LogP contribution in [-0.2, 0) is 4.79 Å². The molecule has 2 aromatic rings. The third-order valence-corrected chi connectivity index (χ3v) is 5.65. The van der Waals surface area contributed by atoms with Gasteiger partial charge < -0.3 is 10.2 Å². The van der Waals surface area contributed by atoms with E-state index >= 15 is 0 Å². The van der Waals surface area contributed by atoms with E-state index in [2.05, 4.69) is 5.32 Å². The fraction of sp³-hybridized carbons (Fsp3) is 0.333. The molecule has 1 saturated heterocycles. The molecule has 1 fully saturated rings. The Kier molecular flexibility index (Phi) is 6.50. The van der Waals surface area contributed by atoms with Crippen molar-refractivity contribution in [2.75, 3.05) is 18.8 Å². The quantitative estimate of drug-likeness (QED) is 0.798. The number of hydrogen-bond acceptors (Lipinski definition) is 3. The number of hydrogen-bond donors (Lipinski definition) is 1. The maximum absolute atomic E-state index is 13.8. The normalized spacial score (nSPS) is 14.8. The Labute approximate surface area is 163 Å². The van der Waals surface area contributed by atoms with Gasteiger partial charge in [-0.3, -0.25) is 9.59 Å². The number of thioether (sulfide) groups is 1. The predicted octanol–water partition coefficient (Wildman–Crippen LogP) is 3.65. The van der Waals surface area contributed by atoms with E-state index in [4.69, 9.17) is 0 Å². The van der Waals surface area contributed by atoms with E-state index in [0.717, 1.165) is 4.90 Å². The highest BCUT2D eigenvalue weighted by molar-refractivity contribution is 8.00. The van der Waals surface area contributed by atoms with Gasteiger partial charge in [-0.25, -0.2) is 4.39 Å². The molecule has 0 aromatic heterocycles. The molecular formula is C21H23FN2O2S. The lowest BCUT2D eigenvalue weighted by molar-refractivity contribution is -0.119. The Balaban J connectivity index is 1.43. The monoisotopic (exact) mass is 386 g/mol. The number of benzene rings is 2. The number of halogens is 1. The Morgan fingerprint density at radius 2 is 1.78 bits per heavy atom. The molecule has 1 aliphatic rings. The van der Waals surface area contributed by atoms with Crippen LogP contribution in [0, 0.1) is 12.7 Å². The van der Waals surface area contributed by atoms with E-state index in [1.807, 2.05) is 31.2 Å². The summed E-state index contributed by atoms with van der Waals surface area (Å²) in [5.41, 5.74) is 1.30. The zero-order chi connectivity index (χ0) is 19.2. The Bertz CT molecular complexity index is 802. The Morgan fingerprint density at radius 3 is 2.44 bits per heavy atom. The van der Waals surface area contributed by atoms with Crippen molar-refractivity contribution in [3.8, 4) is 0 Å². The number of aryl methyl sites for hydroxylation is 1. The molecule has 2 aromatic carbocycles. The predicted molar refractivity (Wildman–Crippen MR) is 105 cm³/mol. The average molecular weight is 386 g/mol. The van der Waals surface area contributed by atoms with Gasteiger partial charge in [-0.15, -0.1) is 11.8 Å². The van der Waals surface area contributed by atoms with E-state index in [1.54, 1.807) is 17.0 Å². The molecule has 142 valence electrons. The van der Waals surface area contributed by atoms with Gasteiger partial charge in [0.05, 0.1) is 11.3 Å². The number of carbonyl (C=O) groups is 2. The molecule has 27 heavy (non-hydrogen) atoms. The molecule has 0 aliphatic carbocycles. The highest BCUT2D eigenvalue weighted by Gasteiger charge is 2.25. The molecule has 4 nitrogen and oxygen atoms in total. The van der Waals surface area contributed by atoms with Crippen LogP contribution in [-0.4, -0.2) is 41.6 Å². The number of piperidine rings is 1. The minimum Gasteiger partial charge on any atom is -0.353 e. The van der Waals surface area contributed by atoms with Crippen LogP contribution < -0.4 is 5.32 Å². The summed E-state index contributed by atoms with van der Waals surface area (Å²) in [4.78, 5) is 27.3. The lowest BCUT2D eigenvalue weighted by Crippen LogP contribution is -2.47. The second-order valence-corrected chi connectivity index (χ2v) is 7.76. The summed E-state index contributed by atoms with van der Waals surface area (Å²) in [6.45, 7) is 3.07. The summed E-state index contributed by atoms with van der Waals surface area (Å²) in [5, 5.41) is 3.04. The molecule has 0 atom stereocenters. The van der Waals surface area contributed by atoms with Crippen LogP contribution in [0.15, 0.2) is 53.4 Å². The van der Waals surface area contributed by atoms with E-state index in [0.29, 0.717) is 31.7 Å². The van der Waals surface area contributed by atoms with Crippen LogP contribution >= 0.6 is 11.8 Å². The number of likely N-dealkylation sites (tertiary alicyclic amines) is 1. The number of nitrogens with one attached hydrogen (secondary N) is 1. The molecule has 1 aliphatic heterocycles. The van der Waals surface area contributed by atoms with E-state index < -0.39 is 5.82 Å². The number of rotatable bonds is 5. The topological polar surface area (TPSA) is 49.4 Å². The molecule has 1 N–H and O–H groups in total. The molecule has 1 heterocycles. The first-order chi connectivity index (χ1) is 13.0. The van der Waals surface area contributed by atoms with Crippen LogP contribution in [0.1, 0.15) is 28.8 Å². The van der Waals surface area contributed by atoms with Gasteiger partial charge in [-0.05, 0) is 44.0 Å². The number of carbonyl (C=O) groups excluding carboxylic acids is 2. The second-order valence-electron chi connectivity index (χ2n) is 6.72. The summed E-state index contributed by atoms with van der Waals surface area (Å²) >= 11 is 1.51. The van der Waals surface area contributed by atoms with Gasteiger partial charge in [0.15, 0.2) is 0 Å². The Morgan fingerprint density at radius 1 is 1.11 bits per heavy atom. The zero-order valence-corrected chi connectivity index (χ0v) is 16.1. The molecule has 2 amide bonds. The van der Waals surface area contributed by atoms with Crippen molar-refractivity contribution < 1.29 is 14.0 Å². The average Bonchev–Trinajstić information content (AvgIpc) is 2.68. The van der Waals surface area contributed by atoms with E-state index in [-0.39, 0.29) is 23.4 Å². The van der Waals surface area contributed by atoms with Crippen molar-refractivity contribution in [1.29, 1.82) is 0 Å². The largest absolute Gasteiger partial charge is 0.353 e. The van der Waals surface area contributed by atoms with Crippen LogP contribution in [0.3, 0.4) is 0 Å². The van der Waals surface area contributed by atoms with E-state index in [9.17, 15) is 14.0 Å². The van der Waals surface area contributed by atoms with Crippen LogP contribution in [0.4, 0.5) is 4.39 Å². The molecule has 3 rings (SSSR count). The minimum absolute atomic E-state index is 0.000504. The number of nitrogens with zero attached hydrogens (tertiary/aromatic N) is 1. The highest BCUT2D eigenvalue weighted by Crippen LogP contribution is 2.19. The van der Waals surface area contributed by atoms with Gasteiger partial charge in [0.2, 0.25) is 5.91 Å². The first kappa shape index (κ1) is 19.4. The minimum atomic E-state index is -0.494. The van der Waals surface area contributed by atoms with Gasteiger partial charge in [0.1, 0.15) is 5.82 Å². The third-order valence-electron chi connectivity index (χ3n) is 4.64. The van der Waals surface area contributed by atoms with Crippen molar-refractivity contribution in [2.24, 2.45) is 0 Å². The highest BCUT2D eigenvalue weighted by atomic mass is 32.2. The van der Waals surface area contributed by atoms with Gasteiger partial charge >= 0.3 is 0 Å². The first-order valence-electron chi connectivity index (χ1n) is 9.05. The second kappa shape index (κ2) is 9.04.